The SMILES string of the molecule is CCc1nc2c(C(CO)Nc3ccc(Cl)nc3C(=O)O)cc(C)cc2c(=O)n1C. The maximum absolute atomic E-state index is 12.8. The second-order valence-electron chi connectivity index (χ2n) is 6.71. The molecule has 0 amide bonds. The number of benzene rings is 1. The van der Waals surface area contributed by atoms with Crippen LogP contribution >= 0.6 is 11.6 Å². The van der Waals surface area contributed by atoms with Crippen LogP contribution in [-0.4, -0.2) is 37.3 Å². The molecule has 152 valence electrons. The molecule has 1 atom stereocenters. The van der Waals surface area contributed by atoms with Crippen molar-refractivity contribution in [1.82, 2.24) is 14.5 Å². The number of nitrogens with zero attached hydrogens (tertiary/aromatic N) is 3. The molecule has 0 radical (unpaired) electrons. The normalized spacial score (nSPS) is 12.2. The zero-order chi connectivity index (χ0) is 21.3. The maximum atomic E-state index is 12.8. The lowest BCUT2D eigenvalue weighted by molar-refractivity contribution is 0.0691. The van der Waals surface area contributed by atoms with Gasteiger partial charge in [-0.25, -0.2) is 14.8 Å². The van der Waals surface area contributed by atoms with Crippen molar-refractivity contribution >= 4 is 34.2 Å². The molecule has 9 heteroatoms. The minimum atomic E-state index is -1.25. The highest BCUT2D eigenvalue weighted by Crippen LogP contribution is 2.28. The standard InChI is InChI=1S/C20H21ClN4O4/c1-4-16-24-17-11(7-10(2)8-12(17)19(27)25(16)3)14(9-26)22-13-5-6-15(21)23-18(13)20(28)29/h5-8,14,22,26H,4,9H2,1-3H3,(H,28,29). The minimum Gasteiger partial charge on any atom is -0.476 e. The summed E-state index contributed by atoms with van der Waals surface area (Å²) in [6.07, 6.45) is 0.566. The molecule has 0 aliphatic heterocycles. The van der Waals surface area contributed by atoms with E-state index >= 15 is 0 Å². The van der Waals surface area contributed by atoms with Gasteiger partial charge in [0.25, 0.3) is 5.56 Å². The molecule has 0 spiro atoms. The summed E-state index contributed by atoms with van der Waals surface area (Å²) < 4.78 is 1.51. The first-order valence-electron chi connectivity index (χ1n) is 9.04. The Balaban J connectivity index is 2.19. The Hall–Kier alpha value is -2.97. The highest BCUT2D eigenvalue weighted by molar-refractivity contribution is 6.29. The average molecular weight is 417 g/mol. The third kappa shape index (κ3) is 3.94. The average Bonchev–Trinajstić information content (AvgIpc) is 2.69. The fraction of sp³-hybridized carbons (Fsp3) is 0.300. The van der Waals surface area contributed by atoms with Crippen LogP contribution in [0.1, 0.15) is 40.4 Å². The van der Waals surface area contributed by atoms with Gasteiger partial charge in [0.2, 0.25) is 0 Å². The van der Waals surface area contributed by atoms with Gasteiger partial charge in [0, 0.05) is 19.0 Å². The molecule has 1 aromatic carbocycles. The van der Waals surface area contributed by atoms with Crippen LogP contribution < -0.4 is 10.9 Å². The van der Waals surface area contributed by atoms with E-state index in [9.17, 15) is 19.8 Å². The Morgan fingerprint density at radius 3 is 2.66 bits per heavy atom. The van der Waals surface area contributed by atoms with Crippen LogP contribution in [0.3, 0.4) is 0 Å². The van der Waals surface area contributed by atoms with E-state index in [1.807, 2.05) is 19.9 Å². The predicted octanol–water partition coefficient (Wildman–Crippen LogP) is 2.70. The fourth-order valence-electron chi connectivity index (χ4n) is 3.30. The van der Waals surface area contributed by atoms with Crippen LogP contribution in [0.25, 0.3) is 10.9 Å². The smallest absolute Gasteiger partial charge is 0.356 e. The van der Waals surface area contributed by atoms with Crippen LogP contribution in [0.15, 0.2) is 29.1 Å². The van der Waals surface area contributed by atoms with Gasteiger partial charge >= 0.3 is 5.97 Å². The number of carboxylic acids is 1. The van der Waals surface area contributed by atoms with Crippen LogP contribution in [0.4, 0.5) is 5.69 Å². The summed E-state index contributed by atoms with van der Waals surface area (Å²) in [4.78, 5) is 32.8. The van der Waals surface area contributed by atoms with Crippen LogP contribution in [0, 0.1) is 6.92 Å². The first kappa shape index (κ1) is 20.8. The first-order valence-corrected chi connectivity index (χ1v) is 9.42. The zero-order valence-corrected chi connectivity index (χ0v) is 17.0. The molecule has 8 nitrogen and oxygen atoms in total. The highest BCUT2D eigenvalue weighted by Gasteiger charge is 2.21. The van der Waals surface area contributed by atoms with Gasteiger partial charge in [0.1, 0.15) is 11.0 Å². The van der Waals surface area contributed by atoms with Gasteiger partial charge in [-0.2, -0.15) is 0 Å². The van der Waals surface area contributed by atoms with Crippen molar-refractivity contribution in [2.45, 2.75) is 26.3 Å². The quantitative estimate of drug-likeness (QED) is 0.529. The van der Waals surface area contributed by atoms with Crippen molar-refractivity contribution in [3.63, 3.8) is 0 Å². The minimum absolute atomic E-state index is 0.0484. The van der Waals surface area contributed by atoms with E-state index in [1.54, 1.807) is 13.1 Å². The molecule has 2 heterocycles. The molecule has 0 aliphatic carbocycles. The van der Waals surface area contributed by atoms with Crippen molar-refractivity contribution in [3.8, 4) is 0 Å². The Morgan fingerprint density at radius 1 is 1.31 bits per heavy atom. The van der Waals surface area contributed by atoms with E-state index in [0.717, 1.165) is 5.56 Å². The topological polar surface area (TPSA) is 117 Å². The highest BCUT2D eigenvalue weighted by atomic mass is 35.5. The molecule has 29 heavy (non-hydrogen) atoms. The third-order valence-corrected chi connectivity index (χ3v) is 4.93. The molecule has 0 fully saturated rings. The third-order valence-electron chi connectivity index (χ3n) is 4.71. The second kappa shape index (κ2) is 8.18. The number of aromatic carboxylic acids is 1. The Labute approximate surface area is 171 Å². The van der Waals surface area contributed by atoms with E-state index in [1.165, 1.54) is 16.7 Å². The van der Waals surface area contributed by atoms with Gasteiger partial charge in [0.15, 0.2) is 5.69 Å². The van der Waals surface area contributed by atoms with Crippen LogP contribution in [0.5, 0.6) is 0 Å². The van der Waals surface area contributed by atoms with Gasteiger partial charge in [0.05, 0.1) is 29.2 Å². The summed E-state index contributed by atoms with van der Waals surface area (Å²) >= 11 is 5.81. The number of aryl methyl sites for hydroxylation is 2. The lowest BCUT2D eigenvalue weighted by Gasteiger charge is -2.21. The van der Waals surface area contributed by atoms with Crippen molar-refractivity contribution in [3.05, 3.63) is 62.4 Å². The molecular weight excluding hydrogens is 396 g/mol. The summed E-state index contributed by atoms with van der Waals surface area (Å²) in [5.41, 5.74) is 1.67. The van der Waals surface area contributed by atoms with Crippen LogP contribution in [-0.2, 0) is 13.5 Å². The number of pyridine rings is 1. The van der Waals surface area contributed by atoms with Crippen LogP contribution in [0.2, 0.25) is 5.15 Å². The van der Waals surface area contributed by atoms with E-state index in [4.69, 9.17) is 11.6 Å². The van der Waals surface area contributed by atoms with Gasteiger partial charge < -0.3 is 15.5 Å². The summed E-state index contributed by atoms with van der Waals surface area (Å²) in [6.45, 7) is 3.40. The van der Waals surface area contributed by atoms with Crippen molar-refractivity contribution in [1.29, 1.82) is 0 Å². The molecule has 0 saturated carbocycles. The molecule has 2 aromatic heterocycles. The van der Waals surface area contributed by atoms with Gasteiger partial charge in [-0.3, -0.25) is 9.36 Å². The lowest BCUT2D eigenvalue weighted by atomic mass is 10.00. The molecule has 1 unspecified atom stereocenters. The largest absolute Gasteiger partial charge is 0.476 e. The number of carbonyl (C=O) groups is 1. The Kier molecular flexibility index (Phi) is 5.86. The molecule has 0 bridgehead atoms. The number of aliphatic hydroxyl groups is 1. The number of anilines is 1. The second-order valence-corrected chi connectivity index (χ2v) is 7.10. The molecule has 3 N–H and O–H groups in total. The molecule has 0 saturated heterocycles. The zero-order valence-electron chi connectivity index (χ0n) is 16.2. The lowest BCUT2D eigenvalue weighted by Crippen LogP contribution is -2.24. The summed E-state index contributed by atoms with van der Waals surface area (Å²) in [6, 6.07) is 5.83. The number of aliphatic hydroxyl groups excluding tert-OH is 1. The van der Waals surface area contributed by atoms with Gasteiger partial charge in [-0.05, 0) is 30.7 Å². The maximum Gasteiger partial charge on any atom is 0.356 e. The Morgan fingerprint density at radius 2 is 2.03 bits per heavy atom. The number of hydrogen-bond acceptors (Lipinski definition) is 6. The van der Waals surface area contributed by atoms with E-state index < -0.39 is 12.0 Å². The molecule has 0 aliphatic rings. The summed E-state index contributed by atoms with van der Waals surface area (Å²) in [7, 11) is 1.68. The number of halogens is 1. The van der Waals surface area contributed by atoms with E-state index in [-0.39, 0.29) is 28.7 Å². The number of rotatable bonds is 6. The first-order chi connectivity index (χ1) is 13.8. The van der Waals surface area contributed by atoms with Crippen molar-refractivity contribution in [2.75, 3.05) is 11.9 Å². The summed E-state index contributed by atoms with van der Waals surface area (Å²) in [5, 5.41) is 23.0. The predicted molar refractivity (Wildman–Crippen MR) is 111 cm³/mol. The van der Waals surface area contributed by atoms with Crippen molar-refractivity contribution in [2.24, 2.45) is 7.05 Å². The van der Waals surface area contributed by atoms with Gasteiger partial charge in [-0.15, -0.1) is 0 Å². The summed E-state index contributed by atoms with van der Waals surface area (Å²) in [5.74, 6) is -0.635. The number of carboxylic acid groups (broad SMARTS) is 1. The number of hydrogen-bond donors (Lipinski definition) is 3. The van der Waals surface area contributed by atoms with Crippen molar-refractivity contribution < 1.29 is 15.0 Å². The van der Waals surface area contributed by atoms with Gasteiger partial charge in [-0.1, -0.05) is 24.6 Å². The number of nitrogens with one attached hydrogen (secondary N) is 1. The Bertz CT molecular complexity index is 1160. The molecule has 3 rings (SSSR count). The molecular formula is C20H21ClN4O4. The number of fused-ring (bicyclic) bond motifs is 1. The monoisotopic (exact) mass is 416 g/mol. The number of aromatic nitrogens is 3. The van der Waals surface area contributed by atoms with E-state index in [0.29, 0.717) is 28.7 Å². The van der Waals surface area contributed by atoms with E-state index in [2.05, 4.69) is 15.3 Å². The molecule has 3 aromatic rings. The fourth-order valence-corrected chi connectivity index (χ4v) is 3.45.